The molecule has 3 aromatic rings. The second-order valence-electron chi connectivity index (χ2n) is 5.45. The molecule has 0 spiro atoms. The summed E-state index contributed by atoms with van der Waals surface area (Å²) < 4.78 is 9.69. The lowest BCUT2D eigenvalue weighted by molar-refractivity contribution is -0.152. The van der Waals surface area contributed by atoms with E-state index in [2.05, 4.69) is 10.1 Å². The molecule has 0 saturated heterocycles. The minimum Gasteiger partial charge on any atom is -0.459 e. The molecule has 0 aliphatic carbocycles. The first-order valence-corrected chi connectivity index (χ1v) is 8.05. The molecule has 26 heavy (non-hydrogen) atoms. The summed E-state index contributed by atoms with van der Waals surface area (Å²) in [6, 6.07) is 14.3. The van der Waals surface area contributed by atoms with Crippen LogP contribution < -0.4 is 4.90 Å². The minimum atomic E-state index is -0.916. The Morgan fingerprint density at radius 1 is 1.15 bits per heavy atom. The molecule has 0 N–H and O–H groups in total. The van der Waals surface area contributed by atoms with Crippen LogP contribution >= 0.6 is 0 Å². The van der Waals surface area contributed by atoms with Gasteiger partial charge in [0.1, 0.15) is 0 Å². The molecule has 0 unspecified atom stereocenters. The van der Waals surface area contributed by atoms with Gasteiger partial charge in [0.15, 0.2) is 0 Å². The second-order valence-corrected chi connectivity index (χ2v) is 5.45. The van der Waals surface area contributed by atoms with Gasteiger partial charge in [-0.05, 0) is 37.6 Å². The number of ether oxygens (including phenoxy) is 1. The first-order valence-electron chi connectivity index (χ1n) is 8.05. The summed E-state index contributed by atoms with van der Waals surface area (Å²) in [7, 11) is 0. The van der Waals surface area contributed by atoms with E-state index >= 15 is 0 Å². The van der Waals surface area contributed by atoms with Crippen LogP contribution in [-0.4, -0.2) is 28.6 Å². The Hall–Kier alpha value is -3.48. The number of aryl methyl sites for hydroxylation is 1. The van der Waals surface area contributed by atoms with Gasteiger partial charge in [0, 0.05) is 11.3 Å². The summed E-state index contributed by atoms with van der Waals surface area (Å²) in [5.41, 5.74) is 2.56. The average molecular weight is 351 g/mol. The van der Waals surface area contributed by atoms with Crippen molar-refractivity contribution < 1.29 is 18.8 Å². The number of anilines is 2. The highest BCUT2D eigenvalue weighted by Crippen LogP contribution is 2.32. The minimum absolute atomic E-state index is 0.120. The van der Waals surface area contributed by atoms with Gasteiger partial charge in [-0.2, -0.15) is 4.98 Å². The van der Waals surface area contributed by atoms with Crippen LogP contribution in [-0.2, 0) is 14.3 Å². The lowest BCUT2D eigenvalue weighted by Gasteiger charge is -2.24. The van der Waals surface area contributed by atoms with Gasteiger partial charge in [-0.25, -0.2) is 4.79 Å². The molecule has 0 aliphatic rings. The normalized spacial score (nSPS) is 10.4. The number of para-hydroxylation sites is 1. The van der Waals surface area contributed by atoms with Gasteiger partial charge in [-0.1, -0.05) is 35.5 Å². The number of rotatable bonds is 4. The Labute approximate surface area is 150 Å². The number of esters is 1. The highest BCUT2D eigenvalue weighted by Gasteiger charge is 2.27. The van der Waals surface area contributed by atoms with Crippen LogP contribution in [0.2, 0.25) is 0 Å². The van der Waals surface area contributed by atoms with Gasteiger partial charge in [0.05, 0.1) is 12.3 Å². The Morgan fingerprint density at radius 2 is 1.92 bits per heavy atom. The lowest BCUT2D eigenvalue weighted by Crippen LogP contribution is -2.34. The van der Waals surface area contributed by atoms with E-state index in [0.717, 1.165) is 5.56 Å². The zero-order valence-electron chi connectivity index (χ0n) is 14.4. The molecule has 3 rings (SSSR count). The van der Waals surface area contributed by atoms with Gasteiger partial charge in [0.2, 0.25) is 12.2 Å². The zero-order chi connectivity index (χ0) is 18.5. The van der Waals surface area contributed by atoms with Crippen LogP contribution in [0.3, 0.4) is 0 Å². The van der Waals surface area contributed by atoms with E-state index in [0.29, 0.717) is 22.8 Å². The van der Waals surface area contributed by atoms with E-state index in [1.807, 2.05) is 25.1 Å². The summed E-state index contributed by atoms with van der Waals surface area (Å²) >= 11 is 0. The third-order valence-corrected chi connectivity index (χ3v) is 3.74. The van der Waals surface area contributed by atoms with E-state index in [1.54, 1.807) is 37.3 Å². The van der Waals surface area contributed by atoms with Crippen molar-refractivity contribution in [2.75, 3.05) is 11.5 Å². The summed E-state index contributed by atoms with van der Waals surface area (Å²) in [6.07, 6.45) is 1.23. The predicted octanol–water partition coefficient (Wildman–Crippen LogP) is 3.27. The molecule has 0 atom stereocenters. The maximum Gasteiger partial charge on any atom is 0.397 e. The Kier molecular flexibility index (Phi) is 5.07. The van der Waals surface area contributed by atoms with Crippen LogP contribution in [0, 0.1) is 6.92 Å². The molecule has 0 saturated carbocycles. The summed E-state index contributed by atoms with van der Waals surface area (Å²) in [5, 5.41) is 3.82. The smallest absolute Gasteiger partial charge is 0.397 e. The number of nitrogens with zero attached hydrogens (tertiary/aromatic N) is 3. The Morgan fingerprint density at radius 3 is 2.58 bits per heavy atom. The SMILES string of the molecule is CCOC(=O)C(=O)N(c1ccccc1)c1cc(-c2ncon2)ccc1C. The largest absolute Gasteiger partial charge is 0.459 e. The number of benzene rings is 2. The number of amides is 1. The molecule has 1 amide bonds. The van der Waals surface area contributed by atoms with Gasteiger partial charge >= 0.3 is 11.9 Å². The number of hydrogen-bond donors (Lipinski definition) is 0. The summed E-state index contributed by atoms with van der Waals surface area (Å²) in [5.74, 6) is -1.30. The molecule has 0 bridgehead atoms. The van der Waals surface area contributed by atoms with E-state index in [4.69, 9.17) is 9.26 Å². The molecule has 7 heteroatoms. The number of carbonyl (C=O) groups excluding carboxylic acids is 2. The number of carbonyl (C=O) groups is 2. The van der Waals surface area contributed by atoms with Crippen LogP contribution in [0.15, 0.2) is 59.4 Å². The molecule has 1 heterocycles. The predicted molar refractivity (Wildman–Crippen MR) is 94.7 cm³/mol. The van der Waals surface area contributed by atoms with E-state index in [-0.39, 0.29) is 6.61 Å². The average Bonchev–Trinajstić information content (AvgIpc) is 3.19. The maximum absolute atomic E-state index is 12.8. The monoisotopic (exact) mass is 351 g/mol. The fraction of sp³-hybridized carbons (Fsp3) is 0.158. The molecule has 2 aromatic carbocycles. The number of aromatic nitrogens is 2. The maximum atomic E-state index is 12.8. The standard InChI is InChI=1S/C19H17N3O4/c1-3-25-19(24)18(23)22(15-7-5-4-6-8-15)16-11-14(10-9-13(16)2)17-20-12-26-21-17/h4-12H,3H2,1-2H3. The fourth-order valence-corrected chi connectivity index (χ4v) is 2.51. The van der Waals surface area contributed by atoms with Crippen LogP contribution in [0.5, 0.6) is 0 Å². The summed E-state index contributed by atoms with van der Waals surface area (Å²) in [4.78, 5) is 30.2. The van der Waals surface area contributed by atoms with Crippen LogP contribution in [0.25, 0.3) is 11.4 Å². The van der Waals surface area contributed by atoms with Gasteiger partial charge in [-0.15, -0.1) is 0 Å². The molecule has 7 nitrogen and oxygen atoms in total. The topological polar surface area (TPSA) is 85.5 Å². The van der Waals surface area contributed by atoms with Crippen molar-refractivity contribution in [3.63, 3.8) is 0 Å². The second kappa shape index (κ2) is 7.60. The first-order chi connectivity index (χ1) is 12.6. The summed E-state index contributed by atoms with van der Waals surface area (Å²) in [6.45, 7) is 3.62. The quantitative estimate of drug-likeness (QED) is 0.530. The van der Waals surface area contributed by atoms with Crippen molar-refractivity contribution in [2.45, 2.75) is 13.8 Å². The van der Waals surface area contributed by atoms with Crippen molar-refractivity contribution in [2.24, 2.45) is 0 Å². The van der Waals surface area contributed by atoms with Crippen molar-refractivity contribution in [1.82, 2.24) is 10.1 Å². The Bertz CT molecular complexity index is 908. The molecule has 1 aromatic heterocycles. The third kappa shape index (κ3) is 3.46. The number of hydrogen-bond acceptors (Lipinski definition) is 6. The van der Waals surface area contributed by atoms with Crippen molar-refractivity contribution in [3.05, 3.63) is 60.5 Å². The lowest BCUT2D eigenvalue weighted by atomic mass is 10.1. The molecular formula is C19H17N3O4. The Balaban J connectivity index is 2.11. The molecular weight excluding hydrogens is 334 g/mol. The molecule has 0 radical (unpaired) electrons. The van der Waals surface area contributed by atoms with Crippen molar-refractivity contribution in [1.29, 1.82) is 0 Å². The van der Waals surface area contributed by atoms with E-state index in [1.165, 1.54) is 11.3 Å². The first kappa shape index (κ1) is 17.3. The van der Waals surface area contributed by atoms with Gasteiger partial charge in [0.25, 0.3) is 0 Å². The highest BCUT2D eigenvalue weighted by molar-refractivity contribution is 6.40. The van der Waals surface area contributed by atoms with E-state index in [9.17, 15) is 9.59 Å². The van der Waals surface area contributed by atoms with Gasteiger partial charge in [-0.3, -0.25) is 9.69 Å². The molecule has 0 fully saturated rings. The molecule has 0 aliphatic heterocycles. The molecule has 132 valence electrons. The zero-order valence-corrected chi connectivity index (χ0v) is 14.4. The van der Waals surface area contributed by atoms with Crippen molar-refractivity contribution >= 4 is 23.3 Å². The third-order valence-electron chi connectivity index (χ3n) is 3.74. The van der Waals surface area contributed by atoms with Crippen LogP contribution in [0.1, 0.15) is 12.5 Å². The van der Waals surface area contributed by atoms with E-state index < -0.39 is 11.9 Å². The highest BCUT2D eigenvalue weighted by atomic mass is 16.5. The van der Waals surface area contributed by atoms with Crippen molar-refractivity contribution in [3.8, 4) is 11.4 Å². The van der Waals surface area contributed by atoms with Gasteiger partial charge < -0.3 is 9.26 Å². The fourth-order valence-electron chi connectivity index (χ4n) is 2.51. The van der Waals surface area contributed by atoms with Crippen LogP contribution in [0.4, 0.5) is 11.4 Å².